The van der Waals surface area contributed by atoms with Crippen LogP contribution in [0.1, 0.15) is 16.7 Å². The van der Waals surface area contributed by atoms with Gasteiger partial charge in [0, 0.05) is 12.5 Å². The smallest absolute Gasteiger partial charge is 0.265 e. The van der Waals surface area contributed by atoms with Gasteiger partial charge in [-0.25, -0.2) is 9.37 Å². The van der Waals surface area contributed by atoms with Gasteiger partial charge in [0.05, 0.1) is 22.9 Å². The number of nitrogens with one attached hydrogen (secondary N) is 2. The van der Waals surface area contributed by atoms with E-state index in [1.807, 2.05) is 26.0 Å². The molecule has 0 saturated heterocycles. The highest BCUT2D eigenvalue weighted by atomic mass is 19.1. The van der Waals surface area contributed by atoms with Crippen LogP contribution in [-0.2, 0) is 11.2 Å². The number of carbonyl (C=O) groups excluding carboxylic acids is 1. The lowest BCUT2D eigenvalue weighted by Gasteiger charge is -2.12. The third-order valence-corrected chi connectivity index (χ3v) is 4.63. The van der Waals surface area contributed by atoms with Crippen LogP contribution in [0.25, 0.3) is 10.9 Å². The quantitative estimate of drug-likeness (QED) is 0.742. The van der Waals surface area contributed by atoms with Gasteiger partial charge in [-0.3, -0.25) is 9.59 Å². The summed E-state index contributed by atoms with van der Waals surface area (Å²) in [7, 11) is 0. The number of halogens is 1. The van der Waals surface area contributed by atoms with E-state index in [0.29, 0.717) is 12.2 Å². The van der Waals surface area contributed by atoms with Crippen molar-refractivity contribution < 1.29 is 13.9 Å². The summed E-state index contributed by atoms with van der Waals surface area (Å²) in [6, 6.07) is 6.31. The van der Waals surface area contributed by atoms with Crippen LogP contribution in [0, 0.1) is 19.7 Å². The van der Waals surface area contributed by atoms with E-state index in [1.165, 1.54) is 12.4 Å². The Bertz CT molecular complexity index is 1080. The van der Waals surface area contributed by atoms with Crippen molar-refractivity contribution in [2.75, 3.05) is 5.32 Å². The second kappa shape index (κ2) is 5.94. The number of hydrogen-bond donors (Lipinski definition) is 2. The minimum absolute atomic E-state index is 0.0760. The summed E-state index contributed by atoms with van der Waals surface area (Å²) in [5.74, 6) is -0.450. The zero-order valence-corrected chi connectivity index (χ0v) is 14.2. The third-order valence-electron chi connectivity index (χ3n) is 4.63. The summed E-state index contributed by atoms with van der Waals surface area (Å²) in [6.45, 7) is 3.97. The van der Waals surface area contributed by atoms with Crippen LogP contribution in [0.15, 0.2) is 35.4 Å². The molecular weight excluding hydrogens is 337 g/mol. The van der Waals surface area contributed by atoms with E-state index in [1.54, 1.807) is 0 Å². The largest absolute Gasteiger partial charge is 0.480 e. The first-order valence-corrected chi connectivity index (χ1v) is 8.17. The summed E-state index contributed by atoms with van der Waals surface area (Å²) in [4.78, 5) is 30.7. The van der Waals surface area contributed by atoms with Crippen molar-refractivity contribution in [3.63, 3.8) is 0 Å². The molecule has 1 unspecified atom stereocenters. The van der Waals surface area contributed by atoms with Crippen LogP contribution in [0.2, 0.25) is 0 Å². The number of rotatable bonds is 2. The second-order valence-corrected chi connectivity index (χ2v) is 6.42. The number of nitrogens with zero attached hydrogens (tertiary/aromatic N) is 1. The first kappa shape index (κ1) is 16.3. The highest BCUT2D eigenvalue weighted by Crippen LogP contribution is 2.32. The Hall–Kier alpha value is -3.22. The van der Waals surface area contributed by atoms with Gasteiger partial charge in [0.25, 0.3) is 11.5 Å². The van der Waals surface area contributed by atoms with Gasteiger partial charge in [0.15, 0.2) is 6.10 Å². The molecule has 4 rings (SSSR count). The molecule has 0 fully saturated rings. The molecule has 1 atom stereocenters. The summed E-state index contributed by atoms with van der Waals surface area (Å²) in [6.07, 6.45) is 0.878. The number of fused-ring (bicyclic) bond motifs is 2. The van der Waals surface area contributed by atoms with Crippen molar-refractivity contribution in [3.05, 3.63) is 63.5 Å². The van der Waals surface area contributed by atoms with E-state index in [-0.39, 0.29) is 16.6 Å². The summed E-state index contributed by atoms with van der Waals surface area (Å²) in [5, 5.41) is 2.72. The normalized spacial score (nSPS) is 15.6. The lowest BCUT2D eigenvalue weighted by atomic mass is 10.0. The lowest BCUT2D eigenvalue weighted by molar-refractivity contribution is -0.122. The molecule has 2 N–H and O–H groups in total. The van der Waals surface area contributed by atoms with Crippen LogP contribution >= 0.6 is 0 Å². The van der Waals surface area contributed by atoms with Crippen molar-refractivity contribution in [1.29, 1.82) is 0 Å². The molecule has 2 heterocycles. The molecule has 2 aromatic carbocycles. The molecule has 0 spiro atoms. The number of H-pyrrole nitrogens is 1. The molecule has 6 nitrogen and oxygen atoms in total. The van der Waals surface area contributed by atoms with E-state index in [0.717, 1.165) is 22.8 Å². The molecule has 0 bridgehead atoms. The van der Waals surface area contributed by atoms with Crippen LogP contribution in [0.3, 0.4) is 0 Å². The first-order chi connectivity index (χ1) is 12.4. The maximum Gasteiger partial charge on any atom is 0.265 e. The summed E-state index contributed by atoms with van der Waals surface area (Å²) >= 11 is 0. The number of amides is 1. The molecule has 7 heteroatoms. The van der Waals surface area contributed by atoms with Crippen LogP contribution in [-0.4, -0.2) is 22.0 Å². The van der Waals surface area contributed by atoms with Crippen LogP contribution in [0.4, 0.5) is 10.1 Å². The van der Waals surface area contributed by atoms with Crippen molar-refractivity contribution in [3.8, 4) is 5.75 Å². The zero-order chi connectivity index (χ0) is 18.4. The molecule has 1 aromatic heterocycles. The van der Waals surface area contributed by atoms with Crippen molar-refractivity contribution in [2.24, 2.45) is 0 Å². The van der Waals surface area contributed by atoms with Gasteiger partial charge in [-0.2, -0.15) is 0 Å². The number of anilines is 1. The Balaban J connectivity index is 1.59. The van der Waals surface area contributed by atoms with Gasteiger partial charge in [0.1, 0.15) is 11.6 Å². The number of aromatic nitrogens is 2. The Morgan fingerprint density at radius 2 is 2.04 bits per heavy atom. The molecule has 1 aliphatic heterocycles. The first-order valence-electron chi connectivity index (χ1n) is 8.17. The number of carbonyl (C=O) groups is 1. The minimum Gasteiger partial charge on any atom is -0.480 e. The monoisotopic (exact) mass is 353 g/mol. The molecule has 26 heavy (non-hydrogen) atoms. The predicted octanol–water partition coefficient (Wildman–Crippen LogP) is 2.62. The van der Waals surface area contributed by atoms with Gasteiger partial charge in [-0.1, -0.05) is 6.07 Å². The van der Waals surface area contributed by atoms with E-state index in [4.69, 9.17) is 4.74 Å². The van der Waals surface area contributed by atoms with E-state index < -0.39 is 23.4 Å². The average molecular weight is 353 g/mol. The summed E-state index contributed by atoms with van der Waals surface area (Å²) in [5.41, 5.74) is 2.90. The third kappa shape index (κ3) is 2.71. The van der Waals surface area contributed by atoms with Crippen molar-refractivity contribution >= 4 is 22.5 Å². The summed E-state index contributed by atoms with van der Waals surface area (Å²) < 4.78 is 20.0. The predicted molar refractivity (Wildman–Crippen MR) is 95.0 cm³/mol. The van der Waals surface area contributed by atoms with Gasteiger partial charge in [0.2, 0.25) is 0 Å². The molecule has 0 radical (unpaired) electrons. The fraction of sp³-hybridized carbons (Fsp3) is 0.211. The van der Waals surface area contributed by atoms with Crippen LogP contribution in [0.5, 0.6) is 5.75 Å². The molecule has 0 saturated carbocycles. The Morgan fingerprint density at radius 3 is 2.85 bits per heavy atom. The Labute approximate surface area is 148 Å². The number of hydrogen-bond acceptors (Lipinski definition) is 4. The number of aryl methyl sites for hydroxylation is 2. The molecule has 1 aliphatic rings. The van der Waals surface area contributed by atoms with E-state index in [9.17, 15) is 14.0 Å². The second-order valence-electron chi connectivity index (χ2n) is 6.42. The van der Waals surface area contributed by atoms with E-state index >= 15 is 0 Å². The number of benzene rings is 2. The van der Waals surface area contributed by atoms with E-state index in [2.05, 4.69) is 15.3 Å². The average Bonchev–Trinajstić information content (AvgIpc) is 2.99. The molecular formula is C19H16FN3O3. The lowest BCUT2D eigenvalue weighted by Crippen LogP contribution is -2.31. The maximum atomic E-state index is 14.3. The Morgan fingerprint density at radius 1 is 1.27 bits per heavy atom. The molecule has 132 valence electrons. The van der Waals surface area contributed by atoms with Crippen molar-refractivity contribution in [1.82, 2.24) is 9.97 Å². The fourth-order valence-corrected chi connectivity index (χ4v) is 3.06. The van der Waals surface area contributed by atoms with Crippen LogP contribution < -0.4 is 15.6 Å². The van der Waals surface area contributed by atoms with Crippen molar-refractivity contribution in [2.45, 2.75) is 26.4 Å². The minimum atomic E-state index is -0.742. The van der Waals surface area contributed by atoms with Gasteiger partial charge >= 0.3 is 0 Å². The fourth-order valence-electron chi connectivity index (χ4n) is 3.06. The Kier molecular flexibility index (Phi) is 3.72. The zero-order valence-electron chi connectivity index (χ0n) is 14.2. The molecule has 0 aliphatic carbocycles. The standard InChI is InChI=1S/C19H16FN3O3/c1-9-3-11-5-17(26-16(11)4-10(9)2)19(25)23-15-6-12-14(7-13(15)20)21-8-22-18(12)24/h3-4,6-8,17H,5H2,1-2H3,(H,23,25)(H,21,22,24). The molecule has 1 amide bonds. The van der Waals surface area contributed by atoms with Gasteiger partial charge < -0.3 is 15.0 Å². The molecule has 3 aromatic rings. The SMILES string of the molecule is Cc1cc2c(cc1C)OC(C(=O)Nc1cc3c(=O)[nH]cnc3cc1F)C2. The topological polar surface area (TPSA) is 84.1 Å². The highest BCUT2D eigenvalue weighted by Gasteiger charge is 2.30. The number of ether oxygens (including phenoxy) is 1. The maximum absolute atomic E-state index is 14.3. The van der Waals surface area contributed by atoms with Gasteiger partial charge in [-0.15, -0.1) is 0 Å². The van der Waals surface area contributed by atoms with Gasteiger partial charge in [-0.05, 0) is 42.7 Å². The number of aromatic amines is 1. The highest BCUT2D eigenvalue weighted by molar-refractivity contribution is 5.97.